The van der Waals surface area contributed by atoms with Crippen LogP contribution < -0.4 is 4.74 Å². The van der Waals surface area contributed by atoms with Crippen LogP contribution in [-0.2, 0) is 5.41 Å². The largest absolute Gasteiger partial charge is 0.493 e. The predicted octanol–water partition coefficient (Wildman–Crippen LogP) is 3.49. The van der Waals surface area contributed by atoms with Gasteiger partial charge in [-0.3, -0.25) is 4.79 Å². The minimum absolute atomic E-state index is 0.0996. The second kappa shape index (κ2) is 8.01. The number of halogens is 1. The van der Waals surface area contributed by atoms with E-state index in [1.165, 1.54) is 18.5 Å². The number of carbonyl (C=O) groups is 1. The first kappa shape index (κ1) is 20.3. The number of amides is 1. The molecule has 0 N–H and O–H groups in total. The third kappa shape index (κ3) is 4.27. The summed E-state index contributed by atoms with van der Waals surface area (Å²) < 4.78 is 20.5. The Bertz CT molecular complexity index is 1040. The van der Waals surface area contributed by atoms with Gasteiger partial charge in [0.15, 0.2) is 0 Å². The molecule has 0 unspecified atom stereocenters. The van der Waals surface area contributed by atoms with Gasteiger partial charge in [0.25, 0.3) is 11.7 Å². The molecule has 1 aliphatic heterocycles. The smallest absolute Gasteiger partial charge is 0.272 e. The normalized spacial score (nSPS) is 17.3. The van der Waals surface area contributed by atoms with E-state index in [-0.39, 0.29) is 23.1 Å². The number of carbonyl (C=O) groups excluding carboxylic acids is 1. The highest BCUT2D eigenvalue weighted by molar-refractivity contribution is 5.93. The van der Waals surface area contributed by atoms with Crippen molar-refractivity contribution in [1.82, 2.24) is 24.5 Å². The summed E-state index contributed by atoms with van der Waals surface area (Å²) in [5, 5.41) is 4.25. The lowest BCUT2D eigenvalue weighted by atomic mass is 9.91. The van der Waals surface area contributed by atoms with Gasteiger partial charge in [0, 0.05) is 24.4 Å². The molecule has 158 valence electrons. The van der Waals surface area contributed by atoms with Gasteiger partial charge in [0.2, 0.25) is 0 Å². The number of hydrogen-bond donors (Lipinski definition) is 0. The van der Waals surface area contributed by atoms with E-state index in [4.69, 9.17) is 4.74 Å². The van der Waals surface area contributed by atoms with Gasteiger partial charge in [-0.2, -0.15) is 10.1 Å². The quantitative estimate of drug-likeness (QED) is 0.657. The van der Waals surface area contributed by atoms with Gasteiger partial charge in [-0.25, -0.2) is 13.9 Å². The molecule has 30 heavy (non-hydrogen) atoms. The highest BCUT2D eigenvalue weighted by Crippen LogP contribution is 2.25. The van der Waals surface area contributed by atoms with Crippen LogP contribution in [0, 0.1) is 11.7 Å². The van der Waals surface area contributed by atoms with Crippen LogP contribution in [0.2, 0.25) is 0 Å². The molecule has 2 aromatic heterocycles. The number of benzene rings is 1. The SMILES string of the molecule is CC(C)(C)c1cc(C(=O)N2CCC[C@@H](COc3ccc(F)cc3)C2)nc2ncnn12. The summed E-state index contributed by atoms with van der Waals surface area (Å²) in [6, 6.07) is 7.82. The number of rotatable bonds is 4. The zero-order valence-corrected chi connectivity index (χ0v) is 17.5. The minimum atomic E-state index is -0.288. The van der Waals surface area contributed by atoms with E-state index in [9.17, 15) is 9.18 Å². The topological polar surface area (TPSA) is 72.6 Å². The number of ether oxygens (including phenoxy) is 1. The van der Waals surface area contributed by atoms with Crippen molar-refractivity contribution in [3.8, 4) is 5.75 Å². The molecule has 1 fully saturated rings. The molecule has 0 saturated carbocycles. The first-order valence-electron chi connectivity index (χ1n) is 10.2. The summed E-state index contributed by atoms with van der Waals surface area (Å²) >= 11 is 0. The van der Waals surface area contributed by atoms with Crippen molar-refractivity contribution in [3.05, 3.63) is 53.9 Å². The van der Waals surface area contributed by atoms with Crippen molar-refractivity contribution in [3.63, 3.8) is 0 Å². The number of piperidine rings is 1. The van der Waals surface area contributed by atoms with Crippen LogP contribution in [0.5, 0.6) is 5.75 Å². The lowest BCUT2D eigenvalue weighted by Gasteiger charge is -2.32. The van der Waals surface area contributed by atoms with Gasteiger partial charge in [0.05, 0.1) is 12.3 Å². The minimum Gasteiger partial charge on any atom is -0.493 e. The summed E-state index contributed by atoms with van der Waals surface area (Å²) in [6.07, 6.45) is 3.34. The average Bonchev–Trinajstić information content (AvgIpc) is 3.20. The summed E-state index contributed by atoms with van der Waals surface area (Å²) in [4.78, 5) is 23.7. The van der Waals surface area contributed by atoms with Crippen molar-refractivity contribution in [1.29, 1.82) is 0 Å². The van der Waals surface area contributed by atoms with Gasteiger partial charge >= 0.3 is 0 Å². The lowest BCUT2D eigenvalue weighted by molar-refractivity contribution is 0.0627. The van der Waals surface area contributed by atoms with Crippen LogP contribution >= 0.6 is 0 Å². The van der Waals surface area contributed by atoms with Crippen LogP contribution in [0.15, 0.2) is 36.7 Å². The Labute approximate surface area is 174 Å². The maximum Gasteiger partial charge on any atom is 0.272 e. The number of likely N-dealkylation sites (tertiary alicyclic amines) is 1. The number of hydrogen-bond acceptors (Lipinski definition) is 5. The molecule has 0 bridgehead atoms. The third-order valence-corrected chi connectivity index (χ3v) is 5.34. The monoisotopic (exact) mass is 411 g/mol. The van der Waals surface area contributed by atoms with Crippen LogP contribution in [0.1, 0.15) is 49.8 Å². The maximum absolute atomic E-state index is 13.2. The first-order valence-corrected chi connectivity index (χ1v) is 10.2. The highest BCUT2D eigenvalue weighted by atomic mass is 19.1. The fourth-order valence-corrected chi connectivity index (χ4v) is 3.75. The zero-order chi connectivity index (χ0) is 21.3. The van der Waals surface area contributed by atoms with Crippen LogP contribution in [0.25, 0.3) is 5.78 Å². The average molecular weight is 411 g/mol. The van der Waals surface area contributed by atoms with Gasteiger partial charge in [-0.15, -0.1) is 0 Å². The molecule has 1 aromatic carbocycles. The Morgan fingerprint density at radius 1 is 1.27 bits per heavy atom. The molecule has 1 aliphatic rings. The summed E-state index contributed by atoms with van der Waals surface area (Å²) in [5.74, 6) is 0.889. The molecule has 3 aromatic rings. The molecule has 7 nitrogen and oxygen atoms in total. The number of fused-ring (bicyclic) bond motifs is 1. The number of nitrogens with zero attached hydrogens (tertiary/aromatic N) is 5. The van der Waals surface area contributed by atoms with Gasteiger partial charge in [-0.1, -0.05) is 20.8 Å². The van der Waals surface area contributed by atoms with Crippen molar-refractivity contribution in [2.24, 2.45) is 5.92 Å². The third-order valence-electron chi connectivity index (χ3n) is 5.34. The Balaban J connectivity index is 1.48. The molecule has 8 heteroatoms. The second-order valence-corrected chi connectivity index (χ2v) is 8.77. The van der Waals surface area contributed by atoms with Crippen molar-refractivity contribution in [2.75, 3.05) is 19.7 Å². The van der Waals surface area contributed by atoms with Gasteiger partial charge < -0.3 is 9.64 Å². The van der Waals surface area contributed by atoms with E-state index in [0.717, 1.165) is 18.5 Å². The Morgan fingerprint density at radius 2 is 2.03 bits per heavy atom. The molecule has 0 aliphatic carbocycles. The summed E-state index contributed by atoms with van der Waals surface area (Å²) in [6.45, 7) is 7.99. The van der Waals surface area contributed by atoms with E-state index in [2.05, 4.69) is 35.8 Å². The van der Waals surface area contributed by atoms with Gasteiger partial charge in [0.1, 0.15) is 23.6 Å². The molecular weight excluding hydrogens is 385 g/mol. The molecule has 0 radical (unpaired) electrons. The van der Waals surface area contributed by atoms with E-state index >= 15 is 0 Å². The van der Waals surface area contributed by atoms with E-state index in [1.807, 2.05) is 11.0 Å². The molecule has 4 rings (SSSR count). The first-order chi connectivity index (χ1) is 14.3. The van der Waals surface area contributed by atoms with E-state index < -0.39 is 0 Å². The standard InChI is InChI=1S/C22H26FN5O2/c1-22(2,3)19-11-18(26-21-24-14-25-28(19)21)20(29)27-10-4-5-15(12-27)13-30-17-8-6-16(23)7-9-17/h6-9,11,14-15H,4-5,10,12-13H2,1-3H3/t15-/m1/s1. The summed E-state index contributed by atoms with van der Waals surface area (Å²) in [7, 11) is 0. The second-order valence-electron chi connectivity index (χ2n) is 8.77. The molecule has 3 heterocycles. The van der Waals surface area contributed by atoms with Crippen molar-refractivity contribution in [2.45, 2.75) is 39.0 Å². The van der Waals surface area contributed by atoms with Crippen LogP contribution in [0.3, 0.4) is 0 Å². The lowest BCUT2D eigenvalue weighted by Crippen LogP contribution is -2.42. The van der Waals surface area contributed by atoms with Gasteiger partial charge in [-0.05, 0) is 43.2 Å². The Kier molecular flexibility index (Phi) is 5.40. The fraction of sp³-hybridized carbons (Fsp3) is 0.455. The molecule has 1 atom stereocenters. The molecule has 0 spiro atoms. The molecule has 1 saturated heterocycles. The fourth-order valence-electron chi connectivity index (χ4n) is 3.75. The van der Waals surface area contributed by atoms with E-state index in [0.29, 0.717) is 36.9 Å². The van der Waals surface area contributed by atoms with Crippen LogP contribution in [0.4, 0.5) is 4.39 Å². The molecule has 1 amide bonds. The Hall–Kier alpha value is -3.03. The van der Waals surface area contributed by atoms with Crippen LogP contribution in [-0.4, -0.2) is 50.1 Å². The Morgan fingerprint density at radius 3 is 2.77 bits per heavy atom. The van der Waals surface area contributed by atoms with E-state index in [1.54, 1.807) is 16.6 Å². The highest BCUT2D eigenvalue weighted by Gasteiger charge is 2.28. The predicted molar refractivity (Wildman–Crippen MR) is 110 cm³/mol. The van der Waals surface area contributed by atoms with Crippen molar-refractivity contribution < 1.29 is 13.9 Å². The summed E-state index contributed by atoms with van der Waals surface area (Å²) in [5.41, 5.74) is 1.07. The number of aromatic nitrogens is 4. The zero-order valence-electron chi connectivity index (χ0n) is 17.5. The van der Waals surface area contributed by atoms with Crippen molar-refractivity contribution >= 4 is 11.7 Å². The maximum atomic E-state index is 13.2. The molecular formula is C22H26FN5O2.